The minimum absolute atomic E-state index is 0.00426. The molecule has 0 aliphatic carbocycles. The predicted octanol–water partition coefficient (Wildman–Crippen LogP) is 3.21. The number of hydrogen-bond donors (Lipinski definition) is 1. The first-order valence-electron chi connectivity index (χ1n) is 9.44. The molecule has 0 radical (unpaired) electrons. The van der Waals surface area contributed by atoms with Crippen LogP contribution in [0.5, 0.6) is 0 Å². The van der Waals surface area contributed by atoms with E-state index < -0.39 is 5.60 Å². The van der Waals surface area contributed by atoms with Gasteiger partial charge in [0.25, 0.3) is 0 Å². The Morgan fingerprint density at radius 3 is 2.77 bits per heavy atom. The minimum atomic E-state index is -1.06. The minimum Gasteiger partial charge on any atom is -0.383 e. The van der Waals surface area contributed by atoms with Gasteiger partial charge in [-0.05, 0) is 58.2 Å². The molecule has 0 spiro atoms. The molecule has 1 aromatic heterocycles. The van der Waals surface area contributed by atoms with Gasteiger partial charge >= 0.3 is 0 Å². The average molecular weight is 359 g/mol. The molecule has 1 N–H and O–H groups in total. The van der Waals surface area contributed by atoms with Crippen molar-refractivity contribution in [1.29, 1.82) is 0 Å². The molecule has 142 valence electrons. The molecule has 2 aromatic rings. The van der Waals surface area contributed by atoms with E-state index in [4.69, 9.17) is 9.72 Å². The summed E-state index contributed by atoms with van der Waals surface area (Å²) < 4.78 is 7.96. The molecule has 6 nitrogen and oxygen atoms in total. The van der Waals surface area contributed by atoms with Gasteiger partial charge in [-0.3, -0.25) is 4.79 Å². The van der Waals surface area contributed by atoms with E-state index in [9.17, 15) is 9.90 Å². The van der Waals surface area contributed by atoms with Crippen LogP contribution in [0.4, 0.5) is 5.69 Å². The molecule has 26 heavy (non-hydrogen) atoms. The molecular weight excluding hydrogens is 330 g/mol. The van der Waals surface area contributed by atoms with Crippen LogP contribution >= 0.6 is 0 Å². The lowest BCUT2D eigenvalue weighted by molar-refractivity contribution is -0.116. The maximum absolute atomic E-state index is 11.8. The van der Waals surface area contributed by atoms with Crippen molar-refractivity contribution < 1.29 is 14.6 Å². The number of anilines is 1. The number of fused-ring (bicyclic) bond motifs is 1. The van der Waals surface area contributed by atoms with Gasteiger partial charge in [-0.1, -0.05) is 0 Å². The summed E-state index contributed by atoms with van der Waals surface area (Å²) in [6.07, 6.45) is 3.45. The molecule has 6 heteroatoms. The highest BCUT2D eigenvalue weighted by Gasteiger charge is 2.27. The molecule has 1 saturated heterocycles. The van der Waals surface area contributed by atoms with Crippen LogP contribution in [-0.4, -0.2) is 39.8 Å². The number of nitrogens with zero attached hydrogens (tertiary/aromatic N) is 3. The Balaban J connectivity index is 2.04. The van der Waals surface area contributed by atoms with Gasteiger partial charge in [0, 0.05) is 25.8 Å². The second-order valence-electron chi connectivity index (χ2n) is 7.53. The van der Waals surface area contributed by atoms with Crippen molar-refractivity contribution in [2.75, 3.05) is 18.1 Å². The van der Waals surface area contributed by atoms with Crippen LogP contribution in [0.2, 0.25) is 0 Å². The lowest BCUT2D eigenvalue weighted by atomic mass is 10.1. The Kier molecular flexibility index (Phi) is 5.34. The van der Waals surface area contributed by atoms with Gasteiger partial charge in [0.05, 0.1) is 23.7 Å². The molecule has 1 aliphatic heterocycles. The number of carbonyl (C=O) groups excluding carboxylic acids is 1. The Bertz CT molecular complexity index is 785. The van der Waals surface area contributed by atoms with E-state index in [1.807, 2.05) is 25.1 Å². The summed E-state index contributed by atoms with van der Waals surface area (Å²) in [7, 11) is 0. The number of benzene rings is 1. The molecule has 1 atom stereocenters. The van der Waals surface area contributed by atoms with Crippen LogP contribution in [0, 0.1) is 0 Å². The number of amides is 1. The Morgan fingerprint density at radius 1 is 1.42 bits per heavy atom. The van der Waals surface area contributed by atoms with Gasteiger partial charge in [-0.15, -0.1) is 0 Å². The van der Waals surface area contributed by atoms with E-state index in [1.165, 1.54) is 6.42 Å². The third-order valence-electron chi connectivity index (χ3n) is 4.95. The van der Waals surface area contributed by atoms with Gasteiger partial charge < -0.3 is 19.3 Å². The number of rotatable bonds is 5. The molecular formula is C20H29N3O3. The molecule has 1 fully saturated rings. The largest absolute Gasteiger partial charge is 0.383 e. The summed E-state index contributed by atoms with van der Waals surface area (Å²) in [4.78, 5) is 18.3. The molecule has 1 unspecified atom stereocenters. The monoisotopic (exact) mass is 359 g/mol. The van der Waals surface area contributed by atoms with Crippen LogP contribution in [0.25, 0.3) is 11.0 Å². The Labute approximate surface area is 154 Å². The first-order chi connectivity index (χ1) is 12.3. The van der Waals surface area contributed by atoms with Crippen molar-refractivity contribution in [2.45, 2.75) is 65.2 Å². The standard InChI is InChI=1S/C20H29N3O3/c1-5-22(14(2)24)15-9-10-18-17(12-15)21-19(20(3,4)25)23(18)13-16-8-6-7-11-26-16/h9-10,12,16,25H,5-8,11,13H2,1-4H3. The molecule has 1 aromatic carbocycles. The van der Waals surface area contributed by atoms with Crippen molar-refractivity contribution in [1.82, 2.24) is 9.55 Å². The highest BCUT2D eigenvalue weighted by molar-refractivity contribution is 5.93. The van der Waals surface area contributed by atoms with Crippen LogP contribution in [0.1, 0.15) is 52.8 Å². The summed E-state index contributed by atoms with van der Waals surface area (Å²) in [6.45, 7) is 9.10. The summed E-state index contributed by atoms with van der Waals surface area (Å²) in [5, 5.41) is 10.6. The second-order valence-corrected chi connectivity index (χ2v) is 7.53. The SMILES string of the molecule is CCN(C(C)=O)c1ccc2c(c1)nc(C(C)(C)O)n2CC1CCCCO1. The fourth-order valence-electron chi connectivity index (χ4n) is 3.68. The van der Waals surface area contributed by atoms with Crippen molar-refractivity contribution in [2.24, 2.45) is 0 Å². The van der Waals surface area contributed by atoms with E-state index in [0.29, 0.717) is 18.9 Å². The van der Waals surface area contributed by atoms with Crippen LogP contribution in [0.15, 0.2) is 18.2 Å². The zero-order chi connectivity index (χ0) is 18.9. The van der Waals surface area contributed by atoms with Crippen LogP contribution in [-0.2, 0) is 21.7 Å². The zero-order valence-electron chi connectivity index (χ0n) is 16.2. The third-order valence-corrected chi connectivity index (χ3v) is 4.95. The highest BCUT2D eigenvalue weighted by atomic mass is 16.5. The predicted molar refractivity (Wildman–Crippen MR) is 102 cm³/mol. The Morgan fingerprint density at radius 2 is 2.19 bits per heavy atom. The Hall–Kier alpha value is -1.92. The van der Waals surface area contributed by atoms with Crippen LogP contribution < -0.4 is 4.90 Å². The molecule has 2 heterocycles. The first kappa shape index (κ1) is 18.9. The fourth-order valence-corrected chi connectivity index (χ4v) is 3.68. The van der Waals surface area contributed by atoms with Crippen molar-refractivity contribution in [3.05, 3.63) is 24.0 Å². The van der Waals surface area contributed by atoms with Crippen molar-refractivity contribution in [3.8, 4) is 0 Å². The summed E-state index contributed by atoms with van der Waals surface area (Å²) in [5.74, 6) is 0.634. The number of carbonyl (C=O) groups is 1. The van der Waals surface area contributed by atoms with Crippen molar-refractivity contribution in [3.63, 3.8) is 0 Å². The second kappa shape index (κ2) is 7.37. The van der Waals surface area contributed by atoms with Gasteiger partial charge in [0.2, 0.25) is 5.91 Å². The number of hydrogen-bond acceptors (Lipinski definition) is 4. The van der Waals surface area contributed by atoms with Crippen LogP contribution in [0.3, 0.4) is 0 Å². The molecule has 1 amide bonds. The lowest BCUT2D eigenvalue weighted by Gasteiger charge is -2.26. The summed E-state index contributed by atoms with van der Waals surface area (Å²) in [5.41, 5.74) is 1.52. The molecule has 1 aliphatic rings. The molecule has 0 bridgehead atoms. The molecule has 0 saturated carbocycles. The van der Waals surface area contributed by atoms with E-state index in [1.54, 1.807) is 25.7 Å². The smallest absolute Gasteiger partial charge is 0.223 e. The normalized spacial score (nSPS) is 18.3. The van der Waals surface area contributed by atoms with E-state index in [2.05, 4.69) is 4.57 Å². The van der Waals surface area contributed by atoms with E-state index in [-0.39, 0.29) is 12.0 Å². The maximum Gasteiger partial charge on any atom is 0.223 e. The summed E-state index contributed by atoms with van der Waals surface area (Å²) >= 11 is 0. The summed E-state index contributed by atoms with van der Waals surface area (Å²) in [6, 6.07) is 5.86. The van der Waals surface area contributed by atoms with E-state index in [0.717, 1.165) is 36.2 Å². The molecule has 3 rings (SSSR count). The fraction of sp³-hybridized carbons (Fsp3) is 0.600. The lowest BCUT2D eigenvalue weighted by Crippen LogP contribution is -2.29. The number of imidazole rings is 1. The quantitative estimate of drug-likeness (QED) is 0.890. The highest BCUT2D eigenvalue weighted by Crippen LogP contribution is 2.29. The first-order valence-corrected chi connectivity index (χ1v) is 9.44. The van der Waals surface area contributed by atoms with Crippen molar-refractivity contribution >= 4 is 22.6 Å². The van der Waals surface area contributed by atoms with Gasteiger partial charge in [0.15, 0.2) is 0 Å². The maximum atomic E-state index is 11.8. The number of ether oxygens (including phenoxy) is 1. The average Bonchev–Trinajstić information content (AvgIpc) is 2.94. The number of aromatic nitrogens is 2. The zero-order valence-corrected chi connectivity index (χ0v) is 16.2. The van der Waals surface area contributed by atoms with Gasteiger partial charge in [-0.2, -0.15) is 0 Å². The topological polar surface area (TPSA) is 67.6 Å². The van der Waals surface area contributed by atoms with E-state index >= 15 is 0 Å². The van der Waals surface area contributed by atoms with Gasteiger partial charge in [0.1, 0.15) is 11.4 Å². The van der Waals surface area contributed by atoms with Gasteiger partial charge in [-0.25, -0.2) is 4.98 Å². The third kappa shape index (κ3) is 3.76. The number of aliphatic hydroxyl groups is 1.